The zero-order valence-electron chi connectivity index (χ0n) is 15.3. The lowest BCUT2D eigenvalue weighted by atomic mass is 10.1. The fraction of sp³-hybridized carbons (Fsp3) is 0.381. The van der Waals surface area contributed by atoms with Gasteiger partial charge in [-0.05, 0) is 41.9 Å². The summed E-state index contributed by atoms with van der Waals surface area (Å²) < 4.78 is 10.5. The molecular weight excluding hydrogens is 314 g/mol. The van der Waals surface area contributed by atoms with Gasteiger partial charge in [0.25, 0.3) is 0 Å². The Kier molecular flexibility index (Phi) is 7.48. The second kappa shape index (κ2) is 9.84. The Labute approximate surface area is 150 Å². The summed E-state index contributed by atoms with van der Waals surface area (Å²) in [5.41, 5.74) is 3.20. The zero-order valence-corrected chi connectivity index (χ0v) is 15.3. The fourth-order valence-corrected chi connectivity index (χ4v) is 2.57. The Balaban J connectivity index is 1.80. The Hall–Kier alpha value is -2.33. The second-order valence-electron chi connectivity index (χ2n) is 5.96. The number of ether oxygens (including phenoxy) is 2. The molecule has 0 saturated carbocycles. The van der Waals surface area contributed by atoms with Crippen molar-refractivity contribution in [3.8, 4) is 5.75 Å². The molecule has 4 heteroatoms. The van der Waals surface area contributed by atoms with E-state index in [9.17, 15) is 4.79 Å². The molecule has 0 aliphatic carbocycles. The van der Waals surface area contributed by atoms with Gasteiger partial charge in [0.1, 0.15) is 12.4 Å². The van der Waals surface area contributed by atoms with Gasteiger partial charge in [-0.25, -0.2) is 0 Å². The molecular formula is C21H27NO3. The molecule has 2 aromatic carbocycles. The molecule has 0 saturated heterocycles. The predicted molar refractivity (Wildman–Crippen MR) is 99.6 cm³/mol. The number of benzene rings is 2. The minimum atomic E-state index is -0.225. The van der Waals surface area contributed by atoms with Crippen molar-refractivity contribution in [2.45, 2.75) is 33.4 Å². The highest BCUT2D eigenvalue weighted by Gasteiger charge is 2.06. The van der Waals surface area contributed by atoms with Crippen LogP contribution >= 0.6 is 0 Å². The summed E-state index contributed by atoms with van der Waals surface area (Å²) in [5, 5.41) is 0. The molecule has 0 radical (unpaired) electrons. The summed E-state index contributed by atoms with van der Waals surface area (Å²) in [5.74, 6) is 0.555. The van der Waals surface area contributed by atoms with Crippen molar-refractivity contribution >= 4 is 5.97 Å². The molecule has 25 heavy (non-hydrogen) atoms. The fourth-order valence-electron chi connectivity index (χ4n) is 2.57. The van der Waals surface area contributed by atoms with Gasteiger partial charge >= 0.3 is 5.97 Å². The van der Waals surface area contributed by atoms with E-state index < -0.39 is 0 Å². The molecule has 0 atom stereocenters. The molecule has 0 aliphatic rings. The van der Waals surface area contributed by atoms with Gasteiger partial charge in [-0.1, -0.05) is 50.2 Å². The first-order valence-electron chi connectivity index (χ1n) is 8.73. The molecule has 0 aliphatic heterocycles. The maximum Gasteiger partial charge on any atom is 0.310 e. The first-order chi connectivity index (χ1) is 12.1. The largest absolute Gasteiger partial charge is 0.497 e. The molecule has 0 fully saturated rings. The van der Waals surface area contributed by atoms with Crippen LogP contribution in [0.3, 0.4) is 0 Å². The lowest BCUT2D eigenvalue weighted by molar-refractivity contribution is -0.144. The van der Waals surface area contributed by atoms with E-state index in [0.29, 0.717) is 6.61 Å². The molecule has 0 unspecified atom stereocenters. The Morgan fingerprint density at radius 1 is 0.880 bits per heavy atom. The van der Waals surface area contributed by atoms with E-state index in [0.717, 1.165) is 36.5 Å². The highest BCUT2D eigenvalue weighted by atomic mass is 16.5. The van der Waals surface area contributed by atoms with Crippen LogP contribution < -0.4 is 4.74 Å². The van der Waals surface area contributed by atoms with Gasteiger partial charge in [-0.2, -0.15) is 0 Å². The van der Waals surface area contributed by atoms with Crippen molar-refractivity contribution in [3.05, 3.63) is 65.2 Å². The number of hydrogen-bond donors (Lipinski definition) is 0. The molecule has 0 spiro atoms. The SMILES string of the molecule is CCN(CC)Cc1ccc(COC(=O)Cc2ccc(OC)cc2)cc1. The summed E-state index contributed by atoms with van der Waals surface area (Å²) >= 11 is 0. The van der Waals surface area contributed by atoms with Crippen molar-refractivity contribution < 1.29 is 14.3 Å². The van der Waals surface area contributed by atoms with Crippen LogP contribution in [-0.4, -0.2) is 31.1 Å². The van der Waals surface area contributed by atoms with Crippen molar-refractivity contribution in [2.75, 3.05) is 20.2 Å². The highest BCUT2D eigenvalue weighted by Crippen LogP contribution is 2.13. The standard InChI is InChI=1S/C21H27NO3/c1-4-22(5-2)15-18-6-8-19(9-7-18)16-25-21(23)14-17-10-12-20(24-3)13-11-17/h6-13H,4-5,14-16H2,1-3H3. The van der Waals surface area contributed by atoms with Crippen molar-refractivity contribution in [3.63, 3.8) is 0 Å². The van der Waals surface area contributed by atoms with Gasteiger partial charge in [-0.3, -0.25) is 9.69 Å². The van der Waals surface area contributed by atoms with Crippen LogP contribution in [0.15, 0.2) is 48.5 Å². The molecule has 0 aromatic heterocycles. The van der Waals surface area contributed by atoms with E-state index in [1.165, 1.54) is 5.56 Å². The lowest BCUT2D eigenvalue weighted by Crippen LogP contribution is -2.22. The third kappa shape index (κ3) is 6.24. The lowest BCUT2D eigenvalue weighted by Gasteiger charge is -2.18. The molecule has 2 rings (SSSR count). The minimum Gasteiger partial charge on any atom is -0.497 e. The van der Waals surface area contributed by atoms with E-state index in [4.69, 9.17) is 9.47 Å². The van der Waals surface area contributed by atoms with Gasteiger partial charge in [0, 0.05) is 6.54 Å². The number of esters is 1. The van der Waals surface area contributed by atoms with Gasteiger partial charge in [0.2, 0.25) is 0 Å². The summed E-state index contributed by atoms with van der Waals surface area (Å²) in [4.78, 5) is 14.3. The van der Waals surface area contributed by atoms with Crippen molar-refractivity contribution in [2.24, 2.45) is 0 Å². The monoisotopic (exact) mass is 341 g/mol. The van der Waals surface area contributed by atoms with Crippen molar-refractivity contribution in [1.82, 2.24) is 4.90 Å². The number of nitrogens with zero attached hydrogens (tertiary/aromatic N) is 1. The zero-order chi connectivity index (χ0) is 18.1. The van der Waals surface area contributed by atoms with Crippen LogP contribution in [0.4, 0.5) is 0 Å². The van der Waals surface area contributed by atoms with E-state index >= 15 is 0 Å². The quantitative estimate of drug-likeness (QED) is 0.650. The maximum atomic E-state index is 12.0. The molecule has 2 aromatic rings. The minimum absolute atomic E-state index is 0.225. The molecule has 0 bridgehead atoms. The number of rotatable bonds is 9. The first kappa shape index (κ1) is 19.0. The van der Waals surface area contributed by atoms with Crippen LogP contribution in [0.25, 0.3) is 0 Å². The summed E-state index contributed by atoms with van der Waals surface area (Å²) in [7, 11) is 1.62. The Morgan fingerprint density at radius 3 is 2.00 bits per heavy atom. The Morgan fingerprint density at radius 2 is 1.44 bits per heavy atom. The molecule has 134 valence electrons. The smallest absolute Gasteiger partial charge is 0.310 e. The number of methoxy groups -OCH3 is 1. The Bertz CT molecular complexity index is 646. The van der Waals surface area contributed by atoms with Crippen LogP contribution in [-0.2, 0) is 29.1 Å². The molecule has 0 N–H and O–H groups in total. The number of carbonyl (C=O) groups excluding carboxylic acids is 1. The third-order valence-electron chi connectivity index (χ3n) is 4.23. The van der Waals surface area contributed by atoms with Gasteiger partial charge in [0.15, 0.2) is 0 Å². The van der Waals surface area contributed by atoms with Gasteiger partial charge < -0.3 is 9.47 Å². The number of hydrogen-bond acceptors (Lipinski definition) is 4. The van der Waals surface area contributed by atoms with Gasteiger partial charge in [0.05, 0.1) is 13.5 Å². The van der Waals surface area contributed by atoms with E-state index in [-0.39, 0.29) is 12.4 Å². The third-order valence-corrected chi connectivity index (χ3v) is 4.23. The summed E-state index contributed by atoms with van der Waals surface area (Å²) in [6, 6.07) is 15.7. The topological polar surface area (TPSA) is 38.8 Å². The van der Waals surface area contributed by atoms with E-state index in [1.807, 2.05) is 36.4 Å². The van der Waals surface area contributed by atoms with E-state index in [1.54, 1.807) is 7.11 Å². The van der Waals surface area contributed by atoms with Crippen LogP contribution in [0, 0.1) is 0 Å². The summed E-state index contributed by atoms with van der Waals surface area (Å²) in [6.45, 7) is 7.67. The molecule has 0 amide bonds. The van der Waals surface area contributed by atoms with E-state index in [2.05, 4.69) is 30.9 Å². The normalized spacial score (nSPS) is 10.7. The van der Waals surface area contributed by atoms with Crippen LogP contribution in [0.5, 0.6) is 5.75 Å². The summed E-state index contributed by atoms with van der Waals surface area (Å²) in [6.07, 6.45) is 0.268. The van der Waals surface area contributed by atoms with Crippen molar-refractivity contribution in [1.29, 1.82) is 0 Å². The van der Waals surface area contributed by atoms with Crippen LogP contribution in [0.2, 0.25) is 0 Å². The second-order valence-corrected chi connectivity index (χ2v) is 5.96. The number of carbonyl (C=O) groups is 1. The maximum absolute atomic E-state index is 12.0. The highest BCUT2D eigenvalue weighted by molar-refractivity contribution is 5.72. The average molecular weight is 341 g/mol. The molecule has 0 heterocycles. The molecule has 4 nitrogen and oxygen atoms in total. The van der Waals surface area contributed by atoms with Gasteiger partial charge in [-0.15, -0.1) is 0 Å². The average Bonchev–Trinajstić information content (AvgIpc) is 2.66. The first-order valence-corrected chi connectivity index (χ1v) is 8.73. The predicted octanol–water partition coefficient (Wildman–Crippen LogP) is 3.82. The van der Waals surface area contributed by atoms with Crippen LogP contribution in [0.1, 0.15) is 30.5 Å².